The van der Waals surface area contributed by atoms with E-state index in [1.54, 1.807) is 6.26 Å². The molecule has 0 spiro atoms. The topological polar surface area (TPSA) is 9.23 Å². The van der Waals surface area contributed by atoms with Crippen molar-refractivity contribution in [1.29, 1.82) is 0 Å². The van der Waals surface area contributed by atoms with Gasteiger partial charge in [-0.15, -0.1) is 0 Å². The molecule has 0 atom stereocenters. The fourth-order valence-corrected chi connectivity index (χ4v) is 0.656. The van der Waals surface area contributed by atoms with E-state index in [4.69, 9.17) is 4.74 Å². The molecular formula is C12H24O. The van der Waals surface area contributed by atoms with Crippen LogP contribution in [0.2, 0.25) is 0 Å². The van der Waals surface area contributed by atoms with Gasteiger partial charge < -0.3 is 4.74 Å². The van der Waals surface area contributed by atoms with E-state index in [0.29, 0.717) is 0 Å². The van der Waals surface area contributed by atoms with Crippen molar-refractivity contribution >= 4 is 0 Å². The number of allylic oxidation sites excluding steroid dienone is 2. The molecule has 0 saturated carbocycles. The van der Waals surface area contributed by atoms with E-state index in [1.807, 2.05) is 48.5 Å². The molecule has 78 valence electrons. The molecule has 0 bridgehead atoms. The number of hydrogen-bond acceptors (Lipinski definition) is 1. The molecule has 0 amide bonds. The smallest absolute Gasteiger partial charge is 0.121 e. The maximum Gasteiger partial charge on any atom is 0.121 e. The van der Waals surface area contributed by atoms with Crippen LogP contribution in [-0.4, -0.2) is 5.60 Å². The maximum atomic E-state index is 5.33. The zero-order chi connectivity index (χ0) is 10.9. The van der Waals surface area contributed by atoms with Crippen molar-refractivity contribution in [2.75, 3.05) is 0 Å². The quantitative estimate of drug-likeness (QED) is 0.545. The van der Waals surface area contributed by atoms with Gasteiger partial charge in [0.15, 0.2) is 0 Å². The van der Waals surface area contributed by atoms with Gasteiger partial charge in [-0.2, -0.15) is 0 Å². The standard InChI is InChI=1S/C8H12O.2C2H6/c1-7-4-5-8(2,3)9-6-7;2*1-2/h4-6H,1-3H3;2*1-2H3. The Bertz CT molecular complexity index is 164. The summed E-state index contributed by atoms with van der Waals surface area (Å²) in [7, 11) is 0. The average Bonchev–Trinajstić information content (AvgIpc) is 2.17. The summed E-state index contributed by atoms with van der Waals surface area (Å²) in [4.78, 5) is 0. The molecule has 1 heterocycles. The number of ether oxygens (including phenoxy) is 1. The highest BCUT2D eigenvalue weighted by Gasteiger charge is 2.15. The minimum atomic E-state index is -0.0977. The van der Waals surface area contributed by atoms with Gasteiger partial charge in [0, 0.05) is 0 Å². The summed E-state index contributed by atoms with van der Waals surface area (Å²) in [5.74, 6) is 0. The van der Waals surface area contributed by atoms with Crippen LogP contribution in [0.5, 0.6) is 0 Å². The summed E-state index contributed by atoms with van der Waals surface area (Å²) in [6.45, 7) is 14.1. The zero-order valence-electron chi connectivity index (χ0n) is 10.1. The summed E-state index contributed by atoms with van der Waals surface area (Å²) >= 11 is 0. The van der Waals surface area contributed by atoms with Crippen LogP contribution in [0, 0.1) is 0 Å². The minimum Gasteiger partial charge on any atom is -0.491 e. The van der Waals surface area contributed by atoms with Crippen molar-refractivity contribution in [3.05, 3.63) is 24.0 Å². The summed E-state index contributed by atoms with van der Waals surface area (Å²) in [5.41, 5.74) is 1.08. The van der Waals surface area contributed by atoms with Gasteiger partial charge in [-0.05, 0) is 32.4 Å². The van der Waals surface area contributed by atoms with E-state index in [0.717, 1.165) is 0 Å². The lowest BCUT2D eigenvalue weighted by atomic mass is 10.1. The molecule has 0 aliphatic carbocycles. The molecule has 1 heteroatoms. The molecule has 1 aliphatic rings. The Morgan fingerprint density at radius 3 is 1.77 bits per heavy atom. The van der Waals surface area contributed by atoms with Crippen LogP contribution in [0.4, 0.5) is 0 Å². The minimum absolute atomic E-state index is 0.0977. The molecule has 0 aromatic heterocycles. The van der Waals surface area contributed by atoms with E-state index in [2.05, 4.69) is 12.2 Å². The molecular weight excluding hydrogens is 160 g/mol. The summed E-state index contributed by atoms with van der Waals surface area (Å²) in [5, 5.41) is 0. The first-order chi connectivity index (χ1) is 6.10. The third-order valence-electron chi connectivity index (χ3n) is 1.30. The second-order valence-electron chi connectivity index (χ2n) is 2.92. The average molecular weight is 184 g/mol. The van der Waals surface area contributed by atoms with E-state index < -0.39 is 0 Å². The predicted molar refractivity (Wildman–Crippen MR) is 60.8 cm³/mol. The molecule has 0 aromatic rings. The Morgan fingerprint density at radius 1 is 1.08 bits per heavy atom. The van der Waals surface area contributed by atoms with Gasteiger partial charge in [-0.3, -0.25) is 0 Å². The number of rotatable bonds is 0. The lowest BCUT2D eigenvalue weighted by Gasteiger charge is -2.23. The van der Waals surface area contributed by atoms with Crippen LogP contribution in [0.3, 0.4) is 0 Å². The van der Waals surface area contributed by atoms with Crippen LogP contribution in [0.15, 0.2) is 24.0 Å². The zero-order valence-corrected chi connectivity index (χ0v) is 10.1. The van der Waals surface area contributed by atoms with Gasteiger partial charge in [0.2, 0.25) is 0 Å². The summed E-state index contributed by atoms with van der Waals surface area (Å²) < 4.78 is 5.33. The predicted octanol–water partition coefficient (Wildman–Crippen LogP) is 4.31. The molecule has 13 heavy (non-hydrogen) atoms. The van der Waals surface area contributed by atoms with E-state index in [9.17, 15) is 0 Å². The molecule has 0 aromatic carbocycles. The van der Waals surface area contributed by atoms with Gasteiger partial charge in [0.1, 0.15) is 5.60 Å². The Kier molecular flexibility index (Phi) is 8.99. The molecule has 1 rings (SSSR count). The second kappa shape index (κ2) is 7.90. The lowest BCUT2D eigenvalue weighted by Crippen LogP contribution is -2.20. The van der Waals surface area contributed by atoms with Gasteiger partial charge >= 0.3 is 0 Å². The van der Waals surface area contributed by atoms with Crippen LogP contribution < -0.4 is 0 Å². The normalized spacial score (nSPS) is 16.7. The van der Waals surface area contributed by atoms with Crippen molar-refractivity contribution in [3.63, 3.8) is 0 Å². The molecule has 1 aliphatic heterocycles. The van der Waals surface area contributed by atoms with Gasteiger partial charge in [-0.25, -0.2) is 0 Å². The molecule has 0 fully saturated rings. The Morgan fingerprint density at radius 2 is 1.54 bits per heavy atom. The molecule has 0 radical (unpaired) electrons. The van der Waals surface area contributed by atoms with Gasteiger partial charge in [-0.1, -0.05) is 33.8 Å². The Hall–Kier alpha value is -0.720. The SMILES string of the molecule is CC.CC.CC1=COC(C)(C)C=C1. The first-order valence-electron chi connectivity index (χ1n) is 5.14. The van der Waals surface area contributed by atoms with Crippen molar-refractivity contribution in [1.82, 2.24) is 0 Å². The van der Waals surface area contributed by atoms with E-state index in [1.165, 1.54) is 5.57 Å². The first-order valence-corrected chi connectivity index (χ1v) is 5.14. The third-order valence-corrected chi connectivity index (χ3v) is 1.30. The van der Waals surface area contributed by atoms with Crippen LogP contribution in [0.25, 0.3) is 0 Å². The van der Waals surface area contributed by atoms with Crippen molar-refractivity contribution in [3.8, 4) is 0 Å². The fourth-order valence-electron chi connectivity index (χ4n) is 0.656. The second-order valence-corrected chi connectivity index (χ2v) is 2.92. The lowest BCUT2D eigenvalue weighted by molar-refractivity contribution is 0.0997. The summed E-state index contributed by atoms with van der Waals surface area (Å²) in [6.07, 6.45) is 5.92. The monoisotopic (exact) mass is 184 g/mol. The van der Waals surface area contributed by atoms with Crippen LogP contribution >= 0.6 is 0 Å². The van der Waals surface area contributed by atoms with Crippen molar-refractivity contribution < 1.29 is 4.74 Å². The Balaban J connectivity index is 0. The molecule has 0 unspecified atom stereocenters. The van der Waals surface area contributed by atoms with Crippen LogP contribution in [-0.2, 0) is 4.74 Å². The Labute approximate surface area is 83.5 Å². The van der Waals surface area contributed by atoms with E-state index in [-0.39, 0.29) is 5.60 Å². The molecule has 0 N–H and O–H groups in total. The molecule has 1 nitrogen and oxygen atoms in total. The van der Waals surface area contributed by atoms with Gasteiger partial charge in [0.25, 0.3) is 0 Å². The molecule has 0 saturated heterocycles. The van der Waals surface area contributed by atoms with Crippen molar-refractivity contribution in [2.24, 2.45) is 0 Å². The third kappa shape index (κ3) is 7.63. The first kappa shape index (κ1) is 14.8. The largest absolute Gasteiger partial charge is 0.491 e. The number of hydrogen-bond donors (Lipinski definition) is 0. The maximum absolute atomic E-state index is 5.33. The van der Waals surface area contributed by atoms with E-state index >= 15 is 0 Å². The highest BCUT2D eigenvalue weighted by molar-refractivity contribution is 5.20. The van der Waals surface area contributed by atoms with Crippen molar-refractivity contribution in [2.45, 2.75) is 54.1 Å². The fraction of sp³-hybridized carbons (Fsp3) is 0.667. The summed E-state index contributed by atoms with van der Waals surface area (Å²) in [6, 6.07) is 0. The highest BCUT2D eigenvalue weighted by Crippen LogP contribution is 2.18. The van der Waals surface area contributed by atoms with Gasteiger partial charge in [0.05, 0.1) is 6.26 Å². The van der Waals surface area contributed by atoms with Crippen LogP contribution in [0.1, 0.15) is 48.5 Å². The highest BCUT2D eigenvalue weighted by atomic mass is 16.5.